The van der Waals surface area contributed by atoms with E-state index in [4.69, 9.17) is 21.1 Å². The predicted octanol–water partition coefficient (Wildman–Crippen LogP) is 3.54. The molecule has 1 aromatic heterocycles. The molecule has 0 unspecified atom stereocenters. The Morgan fingerprint density at radius 2 is 1.95 bits per heavy atom. The summed E-state index contributed by atoms with van der Waals surface area (Å²) in [4.78, 5) is 15.6. The smallest absolute Gasteiger partial charge is 0.224 e. The van der Waals surface area contributed by atoms with Crippen molar-refractivity contribution in [1.29, 1.82) is 0 Å². The second-order valence-electron chi connectivity index (χ2n) is 4.54. The van der Waals surface area contributed by atoms with Crippen molar-refractivity contribution in [3.63, 3.8) is 0 Å². The molecule has 6 heteroatoms. The first-order valence-corrected chi connectivity index (χ1v) is 7.23. The van der Waals surface area contributed by atoms with Crippen molar-refractivity contribution in [3.05, 3.63) is 47.7 Å². The molecule has 2 aromatic rings. The van der Waals surface area contributed by atoms with Crippen LogP contribution in [0.15, 0.2) is 42.6 Å². The Morgan fingerprint density at radius 1 is 1.23 bits per heavy atom. The molecule has 0 atom stereocenters. The van der Waals surface area contributed by atoms with Gasteiger partial charge in [-0.1, -0.05) is 11.6 Å². The zero-order valence-electron chi connectivity index (χ0n) is 12.2. The Bertz CT molecular complexity index is 617. The lowest BCUT2D eigenvalue weighted by atomic mass is 10.3. The van der Waals surface area contributed by atoms with Gasteiger partial charge in [-0.3, -0.25) is 4.79 Å². The van der Waals surface area contributed by atoms with E-state index in [1.807, 2.05) is 24.3 Å². The van der Waals surface area contributed by atoms with E-state index in [1.165, 1.54) is 0 Å². The van der Waals surface area contributed by atoms with Crippen LogP contribution in [-0.4, -0.2) is 24.6 Å². The van der Waals surface area contributed by atoms with Crippen molar-refractivity contribution in [1.82, 2.24) is 4.98 Å². The molecule has 1 heterocycles. The molecule has 0 spiro atoms. The number of pyridine rings is 1. The first-order chi connectivity index (χ1) is 10.7. The molecule has 22 heavy (non-hydrogen) atoms. The van der Waals surface area contributed by atoms with Gasteiger partial charge in [0.25, 0.3) is 0 Å². The summed E-state index contributed by atoms with van der Waals surface area (Å²) in [6, 6.07) is 10.6. The van der Waals surface area contributed by atoms with Crippen molar-refractivity contribution in [3.8, 4) is 11.5 Å². The molecule has 0 bridgehead atoms. The number of amides is 1. The van der Waals surface area contributed by atoms with Gasteiger partial charge in [0.15, 0.2) is 0 Å². The number of carbonyl (C=O) groups excluding carboxylic acids is 1. The number of methoxy groups -OCH3 is 1. The van der Waals surface area contributed by atoms with Crippen LogP contribution in [0.2, 0.25) is 5.15 Å². The number of halogens is 1. The predicted molar refractivity (Wildman–Crippen MR) is 85.6 cm³/mol. The molecule has 0 aliphatic heterocycles. The Hall–Kier alpha value is -2.27. The average molecular weight is 321 g/mol. The van der Waals surface area contributed by atoms with Gasteiger partial charge in [-0.15, -0.1) is 0 Å². The van der Waals surface area contributed by atoms with Gasteiger partial charge in [0.2, 0.25) is 5.91 Å². The monoisotopic (exact) mass is 320 g/mol. The molecule has 0 aliphatic rings. The summed E-state index contributed by atoms with van der Waals surface area (Å²) in [5.41, 5.74) is 0.640. The van der Waals surface area contributed by atoms with Gasteiger partial charge in [-0.2, -0.15) is 0 Å². The van der Waals surface area contributed by atoms with Crippen LogP contribution in [0.25, 0.3) is 0 Å². The van der Waals surface area contributed by atoms with Crippen molar-refractivity contribution in [2.24, 2.45) is 0 Å². The molecule has 0 fully saturated rings. The number of ether oxygens (including phenoxy) is 2. The number of hydrogen-bond acceptors (Lipinski definition) is 4. The Morgan fingerprint density at radius 3 is 2.64 bits per heavy atom. The van der Waals surface area contributed by atoms with E-state index in [-0.39, 0.29) is 5.91 Å². The van der Waals surface area contributed by atoms with Crippen LogP contribution in [0.5, 0.6) is 11.5 Å². The zero-order chi connectivity index (χ0) is 15.8. The van der Waals surface area contributed by atoms with Crippen molar-refractivity contribution >= 4 is 23.2 Å². The van der Waals surface area contributed by atoms with E-state index in [2.05, 4.69) is 10.3 Å². The van der Waals surface area contributed by atoms with Crippen LogP contribution in [-0.2, 0) is 4.79 Å². The lowest BCUT2D eigenvalue weighted by molar-refractivity contribution is -0.116. The fourth-order valence-corrected chi connectivity index (χ4v) is 1.97. The zero-order valence-corrected chi connectivity index (χ0v) is 13.0. The number of rotatable bonds is 7. The van der Waals surface area contributed by atoms with Gasteiger partial charge in [0.1, 0.15) is 16.7 Å². The summed E-state index contributed by atoms with van der Waals surface area (Å²) in [6.45, 7) is 0.469. The van der Waals surface area contributed by atoms with Gasteiger partial charge < -0.3 is 14.8 Å². The molecule has 0 radical (unpaired) electrons. The van der Waals surface area contributed by atoms with Crippen LogP contribution in [0.4, 0.5) is 5.69 Å². The molecule has 0 aliphatic carbocycles. The summed E-state index contributed by atoms with van der Waals surface area (Å²) < 4.78 is 10.6. The van der Waals surface area contributed by atoms with E-state index in [9.17, 15) is 4.79 Å². The molecular weight excluding hydrogens is 304 g/mol. The van der Waals surface area contributed by atoms with E-state index >= 15 is 0 Å². The Labute approximate surface area is 134 Å². The molecule has 1 aromatic carbocycles. The Balaban J connectivity index is 1.68. The number of nitrogens with one attached hydrogen (secondary N) is 1. The van der Waals surface area contributed by atoms with Crippen molar-refractivity contribution < 1.29 is 14.3 Å². The Kier molecular flexibility index (Phi) is 6.03. The lowest BCUT2D eigenvalue weighted by Gasteiger charge is -2.08. The molecule has 1 amide bonds. The van der Waals surface area contributed by atoms with Crippen molar-refractivity contribution in [2.45, 2.75) is 12.8 Å². The fraction of sp³-hybridized carbons (Fsp3) is 0.250. The van der Waals surface area contributed by atoms with Crippen LogP contribution < -0.4 is 14.8 Å². The average Bonchev–Trinajstić information content (AvgIpc) is 2.52. The van der Waals surface area contributed by atoms with Crippen LogP contribution in [0, 0.1) is 0 Å². The summed E-state index contributed by atoms with van der Waals surface area (Å²) in [7, 11) is 1.62. The summed E-state index contributed by atoms with van der Waals surface area (Å²) >= 11 is 5.75. The van der Waals surface area contributed by atoms with Gasteiger partial charge in [0.05, 0.1) is 13.7 Å². The summed E-state index contributed by atoms with van der Waals surface area (Å²) in [5, 5.41) is 3.11. The topological polar surface area (TPSA) is 60.5 Å². The van der Waals surface area contributed by atoms with Crippen molar-refractivity contribution in [2.75, 3.05) is 19.0 Å². The third-order valence-corrected chi connectivity index (χ3v) is 3.09. The summed E-state index contributed by atoms with van der Waals surface area (Å²) in [5.74, 6) is 1.45. The second-order valence-corrected chi connectivity index (χ2v) is 4.93. The van der Waals surface area contributed by atoms with Gasteiger partial charge in [-0.05, 0) is 42.8 Å². The van der Waals surface area contributed by atoms with Crippen LogP contribution >= 0.6 is 11.6 Å². The molecule has 116 valence electrons. The van der Waals surface area contributed by atoms with Gasteiger partial charge in [0, 0.05) is 18.3 Å². The number of carbonyl (C=O) groups is 1. The van der Waals surface area contributed by atoms with E-state index < -0.39 is 0 Å². The second kappa shape index (κ2) is 8.24. The molecule has 5 nitrogen and oxygen atoms in total. The maximum Gasteiger partial charge on any atom is 0.224 e. The molecular formula is C16H17ClN2O3. The first-order valence-electron chi connectivity index (χ1n) is 6.85. The standard InChI is InChI=1S/C16H17ClN2O3/c1-21-13-4-6-14(7-5-13)22-10-2-3-16(20)19-12-8-9-18-15(17)11-12/h4-9,11H,2-3,10H2,1H3,(H,18,19,20). The number of benzene rings is 1. The largest absolute Gasteiger partial charge is 0.497 e. The third-order valence-electron chi connectivity index (χ3n) is 2.89. The minimum Gasteiger partial charge on any atom is -0.497 e. The highest BCUT2D eigenvalue weighted by atomic mass is 35.5. The normalized spacial score (nSPS) is 10.1. The number of hydrogen-bond donors (Lipinski definition) is 1. The minimum atomic E-state index is -0.0828. The number of nitrogens with zero attached hydrogens (tertiary/aromatic N) is 1. The van der Waals surface area contributed by atoms with Gasteiger partial charge in [-0.25, -0.2) is 4.98 Å². The van der Waals surface area contributed by atoms with Gasteiger partial charge >= 0.3 is 0 Å². The highest BCUT2D eigenvalue weighted by Crippen LogP contribution is 2.17. The molecule has 0 saturated heterocycles. The van der Waals surface area contributed by atoms with Crippen LogP contribution in [0.3, 0.4) is 0 Å². The van der Waals surface area contributed by atoms with E-state index in [1.54, 1.807) is 25.4 Å². The minimum absolute atomic E-state index is 0.0828. The van der Waals surface area contributed by atoms with E-state index in [0.717, 1.165) is 11.5 Å². The fourth-order valence-electron chi connectivity index (χ4n) is 1.80. The highest BCUT2D eigenvalue weighted by Gasteiger charge is 2.03. The molecule has 2 rings (SSSR count). The number of aromatic nitrogens is 1. The summed E-state index contributed by atoms with van der Waals surface area (Å²) in [6.07, 6.45) is 2.54. The SMILES string of the molecule is COc1ccc(OCCCC(=O)Nc2ccnc(Cl)c2)cc1. The maximum atomic E-state index is 11.8. The molecule has 1 N–H and O–H groups in total. The number of anilines is 1. The highest BCUT2D eigenvalue weighted by molar-refractivity contribution is 6.29. The van der Waals surface area contributed by atoms with Crippen LogP contribution in [0.1, 0.15) is 12.8 Å². The quantitative estimate of drug-likeness (QED) is 0.626. The lowest BCUT2D eigenvalue weighted by Crippen LogP contribution is -2.12. The first kappa shape index (κ1) is 16.1. The van der Waals surface area contributed by atoms with E-state index in [0.29, 0.717) is 30.3 Å². The third kappa shape index (κ3) is 5.26. The molecule has 0 saturated carbocycles. The maximum absolute atomic E-state index is 11.8.